The molecule has 2 aliphatic rings. The van der Waals surface area contributed by atoms with Crippen LogP contribution in [0.2, 0.25) is 0 Å². The number of hydrogen-bond acceptors (Lipinski definition) is 10. The summed E-state index contributed by atoms with van der Waals surface area (Å²) in [5, 5.41) is 0. The van der Waals surface area contributed by atoms with Crippen LogP contribution in [0.5, 0.6) is 34.5 Å². The summed E-state index contributed by atoms with van der Waals surface area (Å²) in [4.78, 5) is 30.7. The molecule has 16 nitrogen and oxygen atoms in total. The summed E-state index contributed by atoms with van der Waals surface area (Å²) in [6.45, 7) is 4.61. The molecule has 6 rings (SSSR count). The molecule has 2 amide bonds. The van der Waals surface area contributed by atoms with Gasteiger partial charge in [-0.25, -0.2) is 0 Å². The van der Waals surface area contributed by atoms with E-state index >= 15 is 0 Å². The second kappa shape index (κ2) is 23.9. The molecule has 2 aliphatic heterocycles. The number of aryl methyl sites for hydroxylation is 2. The van der Waals surface area contributed by atoms with Gasteiger partial charge in [0.15, 0.2) is 34.9 Å². The monoisotopic (exact) mass is 840 g/mol. The topological polar surface area (TPSA) is 237 Å². The Bertz CT molecular complexity index is 2140. The average Bonchev–Trinajstić information content (AvgIpc) is 3.50. The van der Waals surface area contributed by atoms with E-state index in [2.05, 4.69) is 9.98 Å². The smallest absolute Gasteiger partial charge is 0.249 e. The lowest BCUT2D eigenvalue weighted by Gasteiger charge is -2.20. The molecule has 0 atom stereocenters. The van der Waals surface area contributed by atoms with E-state index in [4.69, 9.17) is 60.8 Å². The molecular weight excluding hydrogens is 785 g/mol. The fraction of sp³-hybridized carbons (Fsp3) is 0.378. The average molecular weight is 841 g/mol. The predicted molar refractivity (Wildman–Crippen MR) is 233 cm³/mol. The molecule has 326 valence electrons. The van der Waals surface area contributed by atoms with Crippen LogP contribution in [-0.2, 0) is 31.9 Å². The Morgan fingerprint density at radius 1 is 0.541 bits per heavy atom. The van der Waals surface area contributed by atoms with E-state index in [0.717, 1.165) is 87.1 Å². The van der Waals surface area contributed by atoms with Crippen molar-refractivity contribution in [1.82, 2.24) is 0 Å². The van der Waals surface area contributed by atoms with Crippen LogP contribution in [0, 0.1) is 0 Å². The van der Waals surface area contributed by atoms with Crippen LogP contribution in [0.15, 0.2) is 82.8 Å². The van der Waals surface area contributed by atoms with Gasteiger partial charge in [0.25, 0.3) is 0 Å². The maximum Gasteiger partial charge on any atom is 0.249 e. The van der Waals surface area contributed by atoms with Crippen LogP contribution < -0.4 is 51.4 Å². The number of nitrogens with two attached hydrogens (primary N) is 4. The number of amides is 2. The highest BCUT2D eigenvalue weighted by atomic mass is 16.6. The van der Waals surface area contributed by atoms with Gasteiger partial charge in [-0.05, 0) is 71.5 Å². The Labute approximate surface area is 356 Å². The Kier molecular flexibility index (Phi) is 17.9. The maximum atomic E-state index is 11.8. The predicted octanol–water partition coefficient (Wildman–Crippen LogP) is 4.94. The zero-order valence-electron chi connectivity index (χ0n) is 34.8. The summed E-state index contributed by atoms with van der Waals surface area (Å²) in [5.41, 5.74) is 26.8. The van der Waals surface area contributed by atoms with Crippen molar-refractivity contribution in [2.24, 2.45) is 32.9 Å². The number of rotatable bonds is 18. The largest absolute Gasteiger partial charge is 0.493 e. The number of guanidine groups is 2. The number of hydrogen-bond donors (Lipinski definition) is 4. The fourth-order valence-electron chi connectivity index (χ4n) is 6.38. The molecule has 0 saturated heterocycles. The lowest BCUT2D eigenvalue weighted by atomic mass is 10.00. The number of ether oxygens (including phenoxy) is 8. The zero-order valence-corrected chi connectivity index (χ0v) is 34.8. The van der Waals surface area contributed by atoms with Gasteiger partial charge < -0.3 is 60.8 Å². The highest BCUT2D eigenvalue weighted by molar-refractivity contribution is 5.92. The third-order valence-electron chi connectivity index (χ3n) is 9.27. The molecule has 0 unspecified atom stereocenters. The summed E-state index contributed by atoms with van der Waals surface area (Å²) in [6.07, 6.45) is 3.82. The highest BCUT2D eigenvalue weighted by Gasteiger charge is 2.17. The van der Waals surface area contributed by atoms with Crippen molar-refractivity contribution in [3.05, 3.63) is 83.9 Å². The standard InChI is InChI=1S/C23H29N3O5.C22H27N3O5/c1-28-10-2-11-30-20-14-16(5-9-22(27)26-23(24)25)4-7-18(20)17-6-8-19-21(15-17)31-13-3-12-29-19;1-27-9-2-10-28-19-13-15(4-8-21(26)25-22(23)24)3-6-17(19)16-5-7-18-20(14-16)30-12-11-29-18/h4,6-8,14-15H,2-3,5,9-13H2,1H3,(H4,24,25,26,27);3,5-7,13-14H,2,4,8-12H2,1H3,(H4,23,24,25,26). The minimum Gasteiger partial charge on any atom is -0.493 e. The first-order valence-electron chi connectivity index (χ1n) is 20.2. The van der Waals surface area contributed by atoms with E-state index < -0.39 is 0 Å². The first-order chi connectivity index (χ1) is 29.6. The van der Waals surface area contributed by atoms with Gasteiger partial charge in [-0.15, -0.1) is 0 Å². The lowest BCUT2D eigenvalue weighted by molar-refractivity contribution is -0.118. The fourth-order valence-corrected chi connectivity index (χ4v) is 6.38. The summed E-state index contributed by atoms with van der Waals surface area (Å²) < 4.78 is 45.2. The molecule has 0 bridgehead atoms. The van der Waals surface area contributed by atoms with Gasteiger partial charge in [0, 0.05) is 70.7 Å². The molecule has 0 aromatic heterocycles. The Morgan fingerprint density at radius 2 is 0.967 bits per heavy atom. The van der Waals surface area contributed by atoms with Crippen LogP contribution in [0.25, 0.3) is 22.3 Å². The Balaban J connectivity index is 0.000000231. The first-order valence-corrected chi connectivity index (χ1v) is 20.2. The number of carbonyl (C=O) groups excluding carboxylic acids is 2. The van der Waals surface area contributed by atoms with Crippen molar-refractivity contribution in [2.45, 2.75) is 44.9 Å². The second-order valence-corrected chi connectivity index (χ2v) is 14.0. The number of carbonyl (C=O) groups is 2. The lowest BCUT2D eigenvalue weighted by Crippen LogP contribution is -2.24. The number of aliphatic imine (C=N–C) groups is 2. The van der Waals surface area contributed by atoms with Gasteiger partial charge in [-0.2, -0.15) is 9.98 Å². The SMILES string of the molecule is COCCCOc1cc(CCC(=O)N=C(N)N)ccc1-c1ccc2c(c1)OCCCO2.COCCCOc1cc(CCC(=O)N=C(N)N)ccc1-c1ccc2c(c1)OCCO2. The Morgan fingerprint density at radius 3 is 1.41 bits per heavy atom. The maximum absolute atomic E-state index is 11.8. The van der Waals surface area contributed by atoms with Gasteiger partial charge in [0.05, 0.1) is 26.4 Å². The Hall–Kier alpha value is -6.52. The van der Waals surface area contributed by atoms with E-state index in [1.165, 1.54) is 0 Å². The van der Waals surface area contributed by atoms with E-state index in [-0.39, 0.29) is 36.6 Å². The molecule has 2 heterocycles. The molecular formula is C45H56N6O10. The third-order valence-corrected chi connectivity index (χ3v) is 9.27. The molecule has 0 saturated carbocycles. The minimum atomic E-state index is -0.353. The third kappa shape index (κ3) is 14.6. The zero-order chi connectivity index (χ0) is 43.4. The van der Waals surface area contributed by atoms with Crippen molar-refractivity contribution in [3.63, 3.8) is 0 Å². The van der Waals surface area contributed by atoms with Crippen LogP contribution in [-0.4, -0.2) is 90.8 Å². The molecule has 16 heteroatoms. The van der Waals surface area contributed by atoms with Crippen LogP contribution in [0.3, 0.4) is 0 Å². The van der Waals surface area contributed by atoms with E-state index in [0.29, 0.717) is 65.7 Å². The molecule has 4 aromatic rings. The molecule has 61 heavy (non-hydrogen) atoms. The van der Waals surface area contributed by atoms with Gasteiger partial charge in [0.1, 0.15) is 24.7 Å². The van der Waals surface area contributed by atoms with Crippen molar-refractivity contribution >= 4 is 23.7 Å². The molecule has 0 spiro atoms. The number of methoxy groups -OCH3 is 2. The molecule has 0 radical (unpaired) electrons. The van der Waals surface area contributed by atoms with E-state index in [9.17, 15) is 9.59 Å². The molecule has 4 aromatic carbocycles. The second-order valence-electron chi connectivity index (χ2n) is 14.0. The van der Waals surface area contributed by atoms with Crippen molar-refractivity contribution in [2.75, 3.05) is 67.1 Å². The number of nitrogens with zero attached hydrogens (tertiary/aromatic N) is 2. The first kappa shape index (κ1) is 45.6. The highest BCUT2D eigenvalue weighted by Crippen LogP contribution is 2.40. The quantitative estimate of drug-likeness (QED) is 0.0591. The summed E-state index contributed by atoms with van der Waals surface area (Å²) in [5.74, 6) is 3.24. The van der Waals surface area contributed by atoms with Gasteiger partial charge in [-0.1, -0.05) is 36.4 Å². The van der Waals surface area contributed by atoms with Gasteiger partial charge in [0.2, 0.25) is 11.8 Å². The van der Waals surface area contributed by atoms with Crippen LogP contribution in [0.1, 0.15) is 43.2 Å². The van der Waals surface area contributed by atoms with Crippen LogP contribution >= 0.6 is 0 Å². The minimum absolute atomic E-state index is 0.213. The van der Waals surface area contributed by atoms with Crippen molar-refractivity contribution in [1.29, 1.82) is 0 Å². The van der Waals surface area contributed by atoms with Crippen molar-refractivity contribution < 1.29 is 47.5 Å². The summed E-state index contributed by atoms with van der Waals surface area (Å²) >= 11 is 0. The molecule has 8 N–H and O–H groups in total. The summed E-state index contributed by atoms with van der Waals surface area (Å²) in [6, 6.07) is 23.5. The number of fused-ring (bicyclic) bond motifs is 2. The van der Waals surface area contributed by atoms with E-state index in [1.807, 2.05) is 72.8 Å². The molecule has 0 aliphatic carbocycles. The molecule has 0 fully saturated rings. The van der Waals surface area contributed by atoms with Crippen molar-refractivity contribution in [3.8, 4) is 56.8 Å². The summed E-state index contributed by atoms with van der Waals surface area (Å²) in [7, 11) is 3.33. The van der Waals surface area contributed by atoms with E-state index in [1.54, 1.807) is 14.2 Å². The van der Waals surface area contributed by atoms with Crippen LogP contribution in [0.4, 0.5) is 0 Å². The van der Waals surface area contributed by atoms with Gasteiger partial charge >= 0.3 is 0 Å². The normalized spacial score (nSPS) is 12.5. The number of benzene rings is 4. The van der Waals surface area contributed by atoms with Gasteiger partial charge in [-0.3, -0.25) is 9.59 Å².